The molecule has 0 nitrogen and oxygen atoms in total. The van der Waals surface area contributed by atoms with Gasteiger partial charge in [0.2, 0.25) is 0 Å². The summed E-state index contributed by atoms with van der Waals surface area (Å²) in [4.78, 5) is 3.11. The van der Waals surface area contributed by atoms with Crippen LogP contribution in [0, 0.1) is 13.8 Å². The van der Waals surface area contributed by atoms with Crippen molar-refractivity contribution in [3.05, 3.63) is 47.5 Å². The van der Waals surface area contributed by atoms with Crippen LogP contribution in [0.4, 0.5) is 0 Å². The lowest BCUT2D eigenvalue weighted by atomic mass is 10.2. The minimum Gasteiger partial charge on any atom is -0.781 e. The van der Waals surface area contributed by atoms with Crippen LogP contribution in [0.5, 0.6) is 0 Å². The first-order chi connectivity index (χ1) is 41.4. The summed E-state index contributed by atoms with van der Waals surface area (Å²) >= 11 is 19.7. The van der Waals surface area contributed by atoms with Gasteiger partial charge in [0.1, 0.15) is 0 Å². The van der Waals surface area contributed by atoms with E-state index >= 15 is 0 Å². The topological polar surface area (TPSA) is 0 Å². The van der Waals surface area contributed by atoms with E-state index in [1.807, 2.05) is 50.2 Å². The van der Waals surface area contributed by atoms with E-state index in [1.165, 1.54) is 217 Å². The molecule has 0 aliphatic heterocycles. The molecule has 0 aliphatic carbocycles. The van der Waals surface area contributed by atoms with Crippen LogP contribution in [-0.2, 0) is 50.5 Å². The van der Waals surface area contributed by atoms with Crippen LogP contribution < -0.4 is 0 Å². The Morgan fingerprint density at radius 2 is 0.314 bits per heavy atom. The Hall–Kier alpha value is 1.04. The van der Waals surface area contributed by atoms with Crippen molar-refractivity contribution in [3.63, 3.8) is 0 Å². The van der Waals surface area contributed by atoms with Gasteiger partial charge >= 0.3 is 0 Å². The lowest BCUT2D eigenvalue weighted by molar-refractivity contribution is 0.814. The number of unbranched alkanes of at least 4 members (excludes halogenated alkanes) is 16. The molecule has 0 fully saturated rings. The second-order valence-corrected chi connectivity index (χ2v) is 46.1. The third-order valence-electron chi connectivity index (χ3n) is 18.0. The van der Waals surface area contributed by atoms with Crippen LogP contribution in [0.1, 0.15) is 327 Å². The lowest BCUT2D eigenvalue weighted by Crippen LogP contribution is -2.12. The van der Waals surface area contributed by atoms with Crippen LogP contribution in [0.2, 0.25) is 0 Å². The zero-order valence-corrected chi connectivity index (χ0v) is 68.7. The van der Waals surface area contributed by atoms with E-state index in [2.05, 4.69) is 111 Å². The maximum Gasteiger partial charge on any atom is 0.0594 e. The monoisotopic (exact) mass is 1350 g/mol. The molecule has 2 rings (SSSR count). The van der Waals surface area contributed by atoms with Gasteiger partial charge in [-0.2, -0.15) is 19.6 Å². The van der Waals surface area contributed by atoms with Gasteiger partial charge < -0.3 is 50.5 Å². The van der Waals surface area contributed by atoms with E-state index < -0.39 is 29.0 Å². The third kappa shape index (κ3) is 52.4. The number of rotatable bonds is 48. The molecule has 0 saturated heterocycles. The van der Waals surface area contributed by atoms with Gasteiger partial charge in [0.15, 0.2) is 0 Å². The van der Waals surface area contributed by atoms with Gasteiger partial charge in [-0.3, -0.25) is 0 Å². The SMILES string of the molecule is CCCC[P+](CCCC)(CCCC)CCCC.CCCC[P+](CCCC)(CCCC)CCCC.CCCC[P+](CCCC)(CCCC)CCCC.CCCC[P+](CCCC)(CCCC)CCCC.Cc1ccc([S-])c([S-])c1.Cc1ccc([S-])c([S-])c1. The molecule has 86 heavy (non-hydrogen) atoms. The Morgan fingerprint density at radius 1 is 0.198 bits per heavy atom. The minimum absolute atomic E-state index is 0.562. The van der Waals surface area contributed by atoms with Crippen LogP contribution >= 0.6 is 29.0 Å². The highest BCUT2D eigenvalue weighted by Gasteiger charge is 2.37. The fraction of sp³-hybridized carbons (Fsp3) is 0.846. The molecule has 0 saturated carbocycles. The number of hydrogen-bond acceptors (Lipinski definition) is 4. The molecule has 512 valence electrons. The van der Waals surface area contributed by atoms with E-state index in [4.69, 9.17) is 50.5 Å². The van der Waals surface area contributed by atoms with Crippen LogP contribution in [0.3, 0.4) is 0 Å². The average Bonchev–Trinajstić information content (AvgIpc) is 3.70. The zero-order valence-electron chi connectivity index (χ0n) is 61.8. The summed E-state index contributed by atoms with van der Waals surface area (Å²) < 4.78 is 0. The highest BCUT2D eigenvalue weighted by atomic mass is 32.1. The third-order valence-corrected chi connectivity index (χ3v) is 39.9. The van der Waals surface area contributed by atoms with Crippen LogP contribution in [0.15, 0.2) is 56.0 Å². The van der Waals surface area contributed by atoms with Gasteiger partial charge in [0.05, 0.1) is 98.6 Å². The first-order valence-electron chi connectivity index (χ1n) is 37.7. The van der Waals surface area contributed by atoms with Gasteiger partial charge in [-0.05, 0) is 117 Å². The number of benzene rings is 2. The molecule has 8 heteroatoms. The standard InChI is InChI=1S/4C16H36P.2C7H8S2/c4*1-5-9-13-17(14-10-6-2,15-11-7-3)16-12-8-4;2*1-5-2-3-6(8)7(9)4-5/h4*5-16H2,1-4H3;2*2-4,8-9H,1H3/q4*+1;;/p-4. The summed E-state index contributed by atoms with van der Waals surface area (Å²) in [5.74, 6) is 0. The highest BCUT2D eigenvalue weighted by Crippen LogP contribution is 2.64. The van der Waals surface area contributed by atoms with E-state index in [1.54, 1.807) is 98.6 Å². The van der Waals surface area contributed by atoms with Crippen molar-refractivity contribution in [1.82, 2.24) is 0 Å². The van der Waals surface area contributed by atoms with Crippen LogP contribution in [0.25, 0.3) is 0 Å². The summed E-state index contributed by atoms with van der Waals surface area (Å²) in [6, 6.07) is 11.5. The van der Waals surface area contributed by atoms with Gasteiger partial charge in [0.25, 0.3) is 0 Å². The molecule has 0 spiro atoms. The molecule has 0 bridgehead atoms. The van der Waals surface area contributed by atoms with E-state index in [-0.39, 0.29) is 0 Å². The first kappa shape index (κ1) is 93.4. The Kier molecular flexibility index (Phi) is 71.8. The zero-order chi connectivity index (χ0) is 65.6. The van der Waals surface area contributed by atoms with Crippen LogP contribution in [-0.4, -0.2) is 98.6 Å². The summed E-state index contributed by atoms with van der Waals surface area (Å²) in [6.07, 6.45) is 71.8. The van der Waals surface area contributed by atoms with Gasteiger partial charge in [-0.15, -0.1) is 0 Å². The minimum atomic E-state index is -0.562. The van der Waals surface area contributed by atoms with Gasteiger partial charge in [-0.25, -0.2) is 0 Å². The number of hydrogen-bond donors (Lipinski definition) is 0. The molecular weight excluding hydrogens is 1190 g/mol. The van der Waals surface area contributed by atoms with Gasteiger partial charge in [0, 0.05) is 29.0 Å². The predicted molar refractivity (Wildman–Crippen MR) is 429 cm³/mol. The van der Waals surface area contributed by atoms with E-state index in [9.17, 15) is 0 Å². The maximum absolute atomic E-state index is 4.94. The smallest absolute Gasteiger partial charge is 0.0594 e. The summed E-state index contributed by atoms with van der Waals surface area (Å²) in [6.45, 7) is 41.7. The molecule has 0 heterocycles. The fourth-order valence-corrected chi connectivity index (χ4v) is 33.7. The van der Waals surface area contributed by atoms with Crippen molar-refractivity contribution in [2.45, 2.75) is 350 Å². The molecular formula is C78H156P4S4. The largest absolute Gasteiger partial charge is 0.781 e. The van der Waals surface area contributed by atoms with Crippen molar-refractivity contribution >= 4 is 79.6 Å². The van der Waals surface area contributed by atoms with Crippen molar-refractivity contribution in [3.8, 4) is 0 Å². The quantitative estimate of drug-likeness (QED) is 0.0478. The highest BCUT2D eigenvalue weighted by molar-refractivity contribution is 7.77. The van der Waals surface area contributed by atoms with E-state index in [0.29, 0.717) is 0 Å². The Morgan fingerprint density at radius 3 is 0.395 bits per heavy atom. The van der Waals surface area contributed by atoms with Crippen molar-refractivity contribution < 1.29 is 0 Å². The Bertz CT molecular complexity index is 1340. The molecule has 0 aromatic heterocycles. The first-order valence-corrected chi connectivity index (χ1v) is 49.4. The van der Waals surface area contributed by atoms with E-state index in [0.717, 1.165) is 19.6 Å². The average molecular weight is 1350 g/mol. The lowest BCUT2D eigenvalue weighted by Gasteiger charge is -2.28. The summed E-state index contributed by atoms with van der Waals surface area (Å²) in [5.41, 5.74) is 2.35. The second kappa shape index (κ2) is 66.1. The number of aryl methyl sites for hydroxylation is 2. The predicted octanol–water partition coefficient (Wildman–Crippen LogP) is 28.4. The Balaban J connectivity index is -0.000000476. The molecule has 2 aromatic rings. The molecule has 0 radical (unpaired) electrons. The maximum atomic E-state index is 4.94. The molecule has 0 N–H and O–H groups in total. The molecule has 0 atom stereocenters. The molecule has 0 unspecified atom stereocenters. The normalized spacial score (nSPS) is 11.5. The molecule has 0 amide bonds. The fourth-order valence-electron chi connectivity index (χ4n) is 11.8. The summed E-state index contributed by atoms with van der Waals surface area (Å²) in [5, 5.41) is 0. The molecule has 2 aromatic carbocycles. The van der Waals surface area contributed by atoms with Gasteiger partial charge in [-0.1, -0.05) is 261 Å². The van der Waals surface area contributed by atoms with Crippen molar-refractivity contribution in [2.75, 3.05) is 98.6 Å². The van der Waals surface area contributed by atoms with Crippen molar-refractivity contribution in [2.24, 2.45) is 0 Å². The second-order valence-electron chi connectivity index (χ2n) is 26.5. The van der Waals surface area contributed by atoms with Crippen molar-refractivity contribution in [1.29, 1.82) is 0 Å². The summed E-state index contributed by atoms with van der Waals surface area (Å²) in [7, 11) is -2.25. The Labute approximate surface area is 571 Å². The molecule has 0 aliphatic rings.